The van der Waals surface area contributed by atoms with E-state index in [0.29, 0.717) is 11.4 Å². The number of nitrogens with one attached hydrogen (secondary N) is 1. The Kier molecular flexibility index (Phi) is 4.21. The van der Waals surface area contributed by atoms with Crippen LogP contribution in [0, 0.1) is 0 Å². The van der Waals surface area contributed by atoms with Crippen molar-refractivity contribution < 1.29 is 9.53 Å². The number of carbonyl (C=O) groups is 1. The van der Waals surface area contributed by atoms with Crippen molar-refractivity contribution in [3.63, 3.8) is 0 Å². The third-order valence-corrected chi connectivity index (χ3v) is 3.44. The maximum absolute atomic E-state index is 12.0. The van der Waals surface area contributed by atoms with Crippen LogP contribution in [-0.4, -0.2) is 17.5 Å². The lowest BCUT2D eigenvalue weighted by Crippen LogP contribution is -2.20. The van der Waals surface area contributed by atoms with E-state index in [2.05, 4.69) is 10.3 Å². The molecule has 0 aliphatic heterocycles. The normalized spacial score (nSPS) is 10.4. The topological polar surface area (TPSA) is 51.2 Å². The number of carbonyl (C=O) groups excluding carboxylic acids is 1. The zero-order chi connectivity index (χ0) is 15.4. The third-order valence-electron chi connectivity index (χ3n) is 3.14. The SMILES string of the molecule is O=C(COc1cccc2ccccc12)Nc1cccnc1Cl. The summed E-state index contributed by atoms with van der Waals surface area (Å²) in [5, 5.41) is 4.96. The highest BCUT2D eigenvalue weighted by Gasteiger charge is 2.08. The summed E-state index contributed by atoms with van der Waals surface area (Å²) in [5.74, 6) is 0.383. The molecule has 110 valence electrons. The number of rotatable bonds is 4. The molecule has 3 aromatic rings. The van der Waals surface area contributed by atoms with Crippen molar-refractivity contribution in [3.8, 4) is 5.75 Å². The molecule has 4 nitrogen and oxygen atoms in total. The highest BCUT2D eigenvalue weighted by atomic mass is 35.5. The minimum Gasteiger partial charge on any atom is -0.483 e. The van der Waals surface area contributed by atoms with Gasteiger partial charge in [-0.15, -0.1) is 0 Å². The van der Waals surface area contributed by atoms with Crippen molar-refractivity contribution in [2.45, 2.75) is 0 Å². The van der Waals surface area contributed by atoms with Crippen LogP contribution in [0.5, 0.6) is 5.75 Å². The molecule has 0 atom stereocenters. The van der Waals surface area contributed by atoms with Gasteiger partial charge in [-0.05, 0) is 23.6 Å². The predicted octanol–water partition coefficient (Wildman–Crippen LogP) is 3.91. The van der Waals surface area contributed by atoms with Gasteiger partial charge >= 0.3 is 0 Å². The van der Waals surface area contributed by atoms with Gasteiger partial charge in [-0.25, -0.2) is 4.98 Å². The third kappa shape index (κ3) is 3.18. The van der Waals surface area contributed by atoms with Gasteiger partial charge in [0.15, 0.2) is 11.8 Å². The summed E-state index contributed by atoms with van der Waals surface area (Å²) in [6.07, 6.45) is 1.56. The van der Waals surface area contributed by atoms with Crippen molar-refractivity contribution in [3.05, 3.63) is 65.9 Å². The van der Waals surface area contributed by atoms with Crippen LogP contribution in [0.3, 0.4) is 0 Å². The van der Waals surface area contributed by atoms with Crippen LogP contribution in [0.4, 0.5) is 5.69 Å². The molecule has 0 radical (unpaired) electrons. The van der Waals surface area contributed by atoms with E-state index in [4.69, 9.17) is 16.3 Å². The molecule has 0 unspecified atom stereocenters. The number of fused-ring (bicyclic) bond motifs is 1. The van der Waals surface area contributed by atoms with E-state index in [1.54, 1.807) is 18.3 Å². The predicted molar refractivity (Wildman–Crippen MR) is 87.3 cm³/mol. The Morgan fingerprint density at radius 3 is 2.77 bits per heavy atom. The van der Waals surface area contributed by atoms with Crippen LogP contribution in [0.2, 0.25) is 5.15 Å². The Morgan fingerprint density at radius 2 is 1.91 bits per heavy atom. The quantitative estimate of drug-likeness (QED) is 0.743. The molecule has 5 heteroatoms. The van der Waals surface area contributed by atoms with Crippen LogP contribution >= 0.6 is 11.6 Å². The first-order valence-electron chi connectivity index (χ1n) is 6.75. The number of anilines is 1. The van der Waals surface area contributed by atoms with Crippen molar-refractivity contribution in [1.82, 2.24) is 4.98 Å². The fourth-order valence-electron chi connectivity index (χ4n) is 2.13. The molecule has 1 amide bonds. The summed E-state index contributed by atoms with van der Waals surface area (Å²) in [6, 6.07) is 17.0. The maximum Gasteiger partial charge on any atom is 0.262 e. The number of hydrogen-bond acceptors (Lipinski definition) is 3. The molecule has 0 bridgehead atoms. The van der Waals surface area contributed by atoms with E-state index in [-0.39, 0.29) is 17.7 Å². The molecule has 1 aromatic heterocycles. The molecule has 0 aliphatic rings. The van der Waals surface area contributed by atoms with Crippen LogP contribution in [0.1, 0.15) is 0 Å². The highest BCUT2D eigenvalue weighted by molar-refractivity contribution is 6.32. The van der Waals surface area contributed by atoms with E-state index < -0.39 is 0 Å². The Morgan fingerprint density at radius 1 is 1.09 bits per heavy atom. The van der Waals surface area contributed by atoms with Crippen LogP contribution in [0.25, 0.3) is 10.8 Å². The fraction of sp³-hybridized carbons (Fsp3) is 0.0588. The average molecular weight is 313 g/mol. The summed E-state index contributed by atoms with van der Waals surface area (Å²) < 4.78 is 5.62. The molecule has 1 heterocycles. The Balaban J connectivity index is 1.69. The summed E-state index contributed by atoms with van der Waals surface area (Å²) in [6.45, 7) is -0.0980. The molecular weight excluding hydrogens is 300 g/mol. The molecule has 0 saturated heterocycles. The van der Waals surface area contributed by atoms with E-state index >= 15 is 0 Å². The van der Waals surface area contributed by atoms with Gasteiger partial charge < -0.3 is 10.1 Å². The summed E-state index contributed by atoms with van der Waals surface area (Å²) in [4.78, 5) is 15.9. The second-order valence-corrected chi connectivity index (χ2v) is 5.01. The first kappa shape index (κ1) is 14.4. The highest BCUT2D eigenvalue weighted by Crippen LogP contribution is 2.25. The van der Waals surface area contributed by atoms with E-state index in [9.17, 15) is 4.79 Å². The van der Waals surface area contributed by atoms with E-state index in [1.807, 2.05) is 42.5 Å². The fourth-order valence-corrected chi connectivity index (χ4v) is 2.30. The molecule has 0 fully saturated rings. The van der Waals surface area contributed by atoms with Gasteiger partial charge in [0, 0.05) is 11.6 Å². The second kappa shape index (κ2) is 6.45. The zero-order valence-electron chi connectivity index (χ0n) is 11.6. The number of nitrogens with zero attached hydrogens (tertiary/aromatic N) is 1. The monoisotopic (exact) mass is 312 g/mol. The van der Waals surface area contributed by atoms with Gasteiger partial charge in [0.2, 0.25) is 0 Å². The smallest absolute Gasteiger partial charge is 0.262 e. The molecule has 0 spiro atoms. The van der Waals surface area contributed by atoms with Crippen LogP contribution in [-0.2, 0) is 4.79 Å². The standard InChI is InChI=1S/C17H13ClN2O2/c18-17-14(8-4-10-19-17)20-16(21)11-22-15-9-3-6-12-5-1-2-7-13(12)15/h1-10H,11H2,(H,20,21). The average Bonchev–Trinajstić information content (AvgIpc) is 2.55. The van der Waals surface area contributed by atoms with Crippen molar-refractivity contribution in [2.75, 3.05) is 11.9 Å². The lowest BCUT2D eigenvalue weighted by atomic mass is 10.1. The van der Waals surface area contributed by atoms with E-state index in [0.717, 1.165) is 10.8 Å². The molecule has 1 N–H and O–H groups in total. The molecule has 0 saturated carbocycles. The van der Waals surface area contributed by atoms with E-state index in [1.165, 1.54) is 0 Å². The summed E-state index contributed by atoms with van der Waals surface area (Å²) in [7, 11) is 0. The summed E-state index contributed by atoms with van der Waals surface area (Å²) >= 11 is 5.90. The maximum atomic E-state index is 12.0. The minimum absolute atomic E-state index is 0.0980. The number of aromatic nitrogens is 1. The first-order valence-corrected chi connectivity index (χ1v) is 7.13. The zero-order valence-corrected chi connectivity index (χ0v) is 12.4. The Hall–Kier alpha value is -2.59. The van der Waals surface area contributed by atoms with Crippen molar-refractivity contribution >= 4 is 34.0 Å². The van der Waals surface area contributed by atoms with Gasteiger partial charge in [0.1, 0.15) is 5.75 Å². The second-order valence-electron chi connectivity index (χ2n) is 4.66. The van der Waals surface area contributed by atoms with Gasteiger partial charge in [-0.1, -0.05) is 48.0 Å². The number of benzene rings is 2. The van der Waals surface area contributed by atoms with Gasteiger partial charge in [0.25, 0.3) is 5.91 Å². The van der Waals surface area contributed by atoms with Crippen molar-refractivity contribution in [2.24, 2.45) is 0 Å². The first-order chi connectivity index (χ1) is 10.7. The molecule has 3 rings (SSSR count). The van der Waals surface area contributed by atoms with Gasteiger partial charge in [-0.3, -0.25) is 4.79 Å². The number of amides is 1. The molecule has 2 aromatic carbocycles. The number of ether oxygens (including phenoxy) is 1. The van der Waals surface area contributed by atoms with Gasteiger partial charge in [0.05, 0.1) is 5.69 Å². The summed E-state index contributed by atoms with van der Waals surface area (Å²) in [5.41, 5.74) is 0.468. The number of hydrogen-bond donors (Lipinski definition) is 1. The Bertz CT molecular complexity index is 815. The van der Waals surface area contributed by atoms with Gasteiger partial charge in [-0.2, -0.15) is 0 Å². The largest absolute Gasteiger partial charge is 0.483 e. The molecule has 0 aliphatic carbocycles. The van der Waals surface area contributed by atoms with Crippen molar-refractivity contribution in [1.29, 1.82) is 0 Å². The van der Waals surface area contributed by atoms with Crippen LogP contribution in [0.15, 0.2) is 60.8 Å². The lowest BCUT2D eigenvalue weighted by Gasteiger charge is -2.10. The Labute approximate surface area is 132 Å². The molecular formula is C17H13ClN2O2. The lowest BCUT2D eigenvalue weighted by molar-refractivity contribution is -0.118. The number of pyridine rings is 1. The minimum atomic E-state index is -0.289. The van der Waals surface area contributed by atoms with Crippen LogP contribution < -0.4 is 10.1 Å². The molecule has 22 heavy (non-hydrogen) atoms. The number of halogens is 1.